The number of anilines is 3. The Morgan fingerprint density at radius 3 is 1.14 bits per heavy atom. The van der Waals surface area contributed by atoms with Crippen molar-refractivity contribution < 1.29 is 0 Å². The molecule has 0 atom stereocenters. The zero-order valence-corrected chi connectivity index (χ0v) is 31.5. The molecule has 0 radical (unpaired) electrons. The number of rotatable bonds is 8. The van der Waals surface area contributed by atoms with E-state index < -0.39 is 0 Å². The van der Waals surface area contributed by atoms with E-state index in [-0.39, 0.29) is 0 Å². The van der Waals surface area contributed by atoms with Gasteiger partial charge in [0.05, 0.1) is 0 Å². The maximum Gasteiger partial charge on any atom is 0.0462 e. The molecular weight excluding hydrogens is 695 g/mol. The first-order valence-corrected chi connectivity index (χ1v) is 19.9. The molecule has 0 spiro atoms. The summed E-state index contributed by atoms with van der Waals surface area (Å²) < 4.78 is 1.32. The van der Waals surface area contributed by atoms with Crippen molar-refractivity contribution in [2.24, 2.45) is 0 Å². The van der Waals surface area contributed by atoms with Gasteiger partial charge in [0.1, 0.15) is 0 Å². The van der Waals surface area contributed by atoms with Crippen LogP contribution >= 0.6 is 11.3 Å². The molecule has 56 heavy (non-hydrogen) atoms. The summed E-state index contributed by atoms with van der Waals surface area (Å²) in [6.07, 6.45) is 0. The minimum absolute atomic E-state index is 1.11. The Labute approximate surface area is 332 Å². The Morgan fingerprint density at radius 1 is 0.250 bits per heavy atom. The Hall–Kier alpha value is -7.00. The maximum absolute atomic E-state index is 2.35. The molecular formula is C54H37NS. The number of fused-ring (bicyclic) bond motifs is 2. The van der Waals surface area contributed by atoms with Gasteiger partial charge in [-0.15, -0.1) is 11.3 Å². The van der Waals surface area contributed by atoms with Crippen LogP contribution in [-0.2, 0) is 0 Å². The molecule has 1 heterocycles. The van der Waals surface area contributed by atoms with Crippen LogP contribution in [0.15, 0.2) is 224 Å². The van der Waals surface area contributed by atoms with Gasteiger partial charge in [0, 0.05) is 26.6 Å². The van der Waals surface area contributed by atoms with E-state index in [2.05, 4.69) is 229 Å². The Balaban J connectivity index is 0.961. The first kappa shape index (κ1) is 33.6. The van der Waals surface area contributed by atoms with Gasteiger partial charge in [-0.25, -0.2) is 0 Å². The summed E-state index contributed by atoms with van der Waals surface area (Å²) in [5, 5.41) is 3.80. The summed E-state index contributed by atoms with van der Waals surface area (Å²) in [4.78, 5) is 3.64. The summed E-state index contributed by atoms with van der Waals surface area (Å²) in [5.74, 6) is 0. The van der Waals surface area contributed by atoms with Gasteiger partial charge in [-0.05, 0) is 121 Å². The SMILES string of the molecule is c1ccc(-c2ccc(-c3ccc(N(c4ccc(-c5ccc(-c6cc7ccccc7s6)cc5)cc4)c4ccc(-c5ccc6ccccc6c5)cc4)cc3)cc2)cc1. The van der Waals surface area contributed by atoms with Crippen LogP contribution in [-0.4, -0.2) is 0 Å². The Bertz CT molecular complexity index is 2870. The third kappa shape index (κ3) is 6.68. The molecule has 0 N–H and O–H groups in total. The standard InChI is InChI=1S/C54H37NS/c1-2-8-38(9-3-1)40-14-16-41(17-15-40)43-24-30-50(31-25-43)55(52-34-28-45(29-35-52)48-23-20-39-10-4-5-11-47(39)36-48)51-32-26-44(27-33-51)42-18-21-46(22-19-42)54-37-49-12-6-7-13-53(49)56-54/h1-37H. The normalized spacial score (nSPS) is 11.2. The molecule has 0 unspecified atom stereocenters. The van der Waals surface area contributed by atoms with Crippen molar-refractivity contribution in [3.8, 4) is 54.9 Å². The second kappa shape index (κ2) is 14.7. The van der Waals surface area contributed by atoms with E-state index in [1.807, 2.05) is 11.3 Å². The molecule has 0 saturated heterocycles. The van der Waals surface area contributed by atoms with E-state index in [1.165, 1.54) is 75.8 Å². The van der Waals surface area contributed by atoms with Crippen LogP contribution in [0.1, 0.15) is 0 Å². The van der Waals surface area contributed by atoms with Gasteiger partial charge in [-0.3, -0.25) is 0 Å². The third-order valence-electron chi connectivity index (χ3n) is 10.7. The van der Waals surface area contributed by atoms with Gasteiger partial charge < -0.3 is 4.90 Å². The molecule has 0 aliphatic heterocycles. The molecule has 0 bridgehead atoms. The minimum Gasteiger partial charge on any atom is -0.311 e. The van der Waals surface area contributed by atoms with Crippen LogP contribution in [0.2, 0.25) is 0 Å². The van der Waals surface area contributed by atoms with Crippen molar-refractivity contribution in [3.63, 3.8) is 0 Å². The Kier molecular flexibility index (Phi) is 8.79. The average Bonchev–Trinajstić information content (AvgIpc) is 3.72. The highest BCUT2D eigenvalue weighted by Crippen LogP contribution is 2.39. The summed E-state index contributed by atoms with van der Waals surface area (Å²) in [7, 11) is 0. The molecule has 0 saturated carbocycles. The molecule has 2 heteroatoms. The lowest BCUT2D eigenvalue weighted by Crippen LogP contribution is -2.09. The summed E-state index contributed by atoms with van der Waals surface area (Å²) in [6, 6.07) is 81.3. The number of benzene rings is 9. The molecule has 0 aliphatic rings. The van der Waals surface area contributed by atoms with Crippen molar-refractivity contribution in [1.82, 2.24) is 0 Å². The molecule has 1 aromatic heterocycles. The zero-order valence-electron chi connectivity index (χ0n) is 30.7. The van der Waals surface area contributed by atoms with E-state index in [4.69, 9.17) is 0 Å². The lowest BCUT2D eigenvalue weighted by atomic mass is 9.99. The van der Waals surface area contributed by atoms with Crippen molar-refractivity contribution in [3.05, 3.63) is 224 Å². The molecule has 264 valence electrons. The quantitative estimate of drug-likeness (QED) is 0.150. The highest BCUT2D eigenvalue weighted by Gasteiger charge is 2.14. The zero-order chi connectivity index (χ0) is 37.3. The molecule has 9 aromatic carbocycles. The van der Waals surface area contributed by atoms with Crippen molar-refractivity contribution >= 4 is 49.3 Å². The first-order valence-electron chi connectivity index (χ1n) is 19.1. The monoisotopic (exact) mass is 731 g/mol. The van der Waals surface area contributed by atoms with Gasteiger partial charge >= 0.3 is 0 Å². The predicted octanol–water partition coefficient (Wildman–Crippen LogP) is 15.9. The molecule has 10 rings (SSSR count). The maximum atomic E-state index is 2.35. The van der Waals surface area contributed by atoms with Crippen LogP contribution in [0.4, 0.5) is 17.1 Å². The van der Waals surface area contributed by atoms with Crippen LogP contribution in [0, 0.1) is 0 Å². The van der Waals surface area contributed by atoms with Gasteiger partial charge in [-0.1, -0.05) is 170 Å². The van der Waals surface area contributed by atoms with Crippen molar-refractivity contribution in [2.75, 3.05) is 4.90 Å². The number of thiophene rings is 1. The Morgan fingerprint density at radius 2 is 0.625 bits per heavy atom. The van der Waals surface area contributed by atoms with Crippen molar-refractivity contribution in [1.29, 1.82) is 0 Å². The topological polar surface area (TPSA) is 3.24 Å². The summed E-state index contributed by atoms with van der Waals surface area (Å²) >= 11 is 1.85. The van der Waals surface area contributed by atoms with Crippen LogP contribution in [0.25, 0.3) is 75.8 Å². The predicted molar refractivity (Wildman–Crippen MR) is 241 cm³/mol. The highest BCUT2D eigenvalue weighted by atomic mass is 32.1. The lowest BCUT2D eigenvalue weighted by Gasteiger charge is -2.26. The second-order valence-corrected chi connectivity index (χ2v) is 15.3. The van der Waals surface area contributed by atoms with Gasteiger partial charge in [0.2, 0.25) is 0 Å². The lowest BCUT2D eigenvalue weighted by molar-refractivity contribution is 1.28. The van der Waals surface area contributed by atoms with Crippen LogP contribution in [0.5, 0.6) is 0 Å². The average molecular weight is 732 g/mol. The third-order valence-corrected chi connectivity index (χ3v) is 11.9. The van der Waals surface area contributed by atoms with Crippen molar-refractivity contribution in [2.45, 2.75) is 0 Å². The van der Waals surface area contributed by atoms with E-state index in [1.54, 1.807) is 0 Å². The molecule has 10 aromatic rings. The molecule has 0 fully saturated rings. The van der Waals surface area contributed by atoms with Gasteiger partial charge in [0.15, 0.2) is 0 Å². The molecule has 1 nitrogen and oxygen atoms in total. The molecule has 0 aliphatic carbocycles. The number of hydrogen-bond donors (Lipinski definition) is 0. The highest BCUT2D eigenvalue weighted by molar-refractivity contribution is 7.22. The smallest absolute Gasteiger partial charge is 0.0462 e. The van der Waals surface area contributed by atoms with E-state index in [0.717, 1.165) is 17.1 Å². The summed E-state index contributed by atoms with van der Waals surface area (Å²) in [6.45, 7) is 0. The largest absolute Gasteiger partial charge is 0.311 e. The fraction of sp³-hybridized carbons (Fsp3) is 0. The van der Waals surface area contributed by atoms with E-state index in [9.17, 15) is 0 Å². The van der Waals surface area contributed by atoms with E-state index >= 15 is 0 Å². The van der Waals surface area contributed by atoms with Gasteiger partial charge in [0.25, 0.3) is 0 Å². The number of hydrogen-bond acceptors (Lipinski definition) is 2. The first-order chi connectivity index (χ1) is 27.7. The van der Waals surface area contributed by atoms with Crippen LogP contribution in [0.3, 0.4) is 0 Å². The van der Waals surface area contributed by atoms with Crippen LogP contribution < -0.4 is 4.90 Å². The van der Waals surface area contributed by atoms with E-state index in [0.29, 0.717) is 0 Å². The molecule has 0 amide bonds. The fourth-order valence-corrected chi connectivity index (χ4v) is 8.73. The fourth-order valence-electron chi connectivity index (χ4n) is 7.66. The summed E-state index contributed by atoms with van der Waals surface area (Å²) in [5.41, 5.74) is 14.2. The number of nitrogens with zero attached hydrogens (tertiary/aromatic N) is 1. The second-order valence-electron chi connectivity index (χ2n) is 14.2. The minimum atomic E-state index is 1.11. The van der Waals surface area contributed by atoms with Gasteiger partial charge in [-0.2, -0.15) is 0 Å².